The van der Waals surface area contributed by atoms with E-state index in [1.54, 1.807) is 20.3 Å². The number of halogens is 1. The Kier molecular flexibility index (Phi) is 5.72. The average molecular weight is 418 g/mol. The van der Waals surface area contributed by atoms with Gasteiger partial charge in [0.15, 0.2) is 23.0 Å². The van der Waals surface area contributed by atoms with Gasteiger partial charge in [0.2, 0.25) is 5.91 Å². The van der Waals surface area contributed by atoms with Crippen LogP contribution in [0.4, 0.5) is 0 Å². The Balaban J connectivity index is 1.47. The monoisotopic (exact) mass is 417 g/mol. The van der Waals surface area contributed by atoms with Crippen molar-refractivity contribution < 1.29 is 23.7 Å². The van der Waals surface area contributed by atoms with Gasteiger partial charge in [0.05, 0.1) is 20.6 Å². The van der Waals surface area contributed by atoms with Crippen LogP contribution in [-0.2, 0) is 11.2 Å². The minimum atomic E-state index is 0.0490. The molecule has 2 aliphatic heterocycles. The standard InChI is InChI=1S/C22H24ClNO5/c1-26-18-5-3-4-16(22(18)27-2)14-6-7-24(13-14)21(25)11-15-10-19-20(12-17(15)23)29-9-8-28-19/h3-5,10,12,14H,6-9,11,13H2,1-2H3. The number of benzene rings is 2. The second-order valence-electron chi connectivity index (χ2n) is 7.17. The number of methoxy groups -OCH3 is 2. The number of amides is 1. The summed E-state index contributed by atoms with van der Waals surface area (Å²) in [6.45, 7) is 2.35. The molecule has 1 fully saturated rings. The highest BCUT2D eigenvalue weighted by atomic mass is 35.5. The summed E-state index contributed by atoms with van der Waals surface area (Å²) in [5.74, 6) is 2.97. The number of para-hydroxylation sites is 1. The molecule has 2 heterocycles. The van der Waals surface area contributed by atoms with E-state index in [2.05, 4.69) is 0 Å². The maximum atomic E-state index is 12.9. The lowest BCUT2D eigenvalue weighted by molar-refractivity contribution is -0.129. The van der Waals surface area contributed by atoms with E-state index in [0.717, 1.165) is 23.3 Å². The fraction of sp³-hybridized carbons (Fsp3) is 0.409. The molecule has 1 saturated heterocycles. The number of rotatable bonds is 5. The van der Waals surface area contributed by atoms with Gasteiger partial charge in [-0.25, -0.2) is 0 Å². The first kappa shape index (κ1) is 19.7. The predicted molar refractivity (Wildman–Crippen MR) is 110 cm³/mol. The van der Waals surface area contributed by atoms with E-state index in [1.807, 2.05) is 29.2 Å². The predicted octanol–water partition coefficient (Wildman–Crippen LogP) is 3.69. The maximum Gasteiger partial charge on any atom is 0.227 e. The van der Waals surface area contributed by atoms with Crippen molar-refractivity contribution in [2.24, 2.45) is 0 Å². The van der Waals surface area contributed by atoms with E-state index < -0.39 is 0 Å². The quantitative estimate of drug-likeness (QED) is 0.742. The van der Waals surface area contributed by atoms with Gasteiger partial charge >= 0.3 is 0 Å². The zero-order valence-electron chi connectivity index (χ0n) is 16.6. The van der Waals surface area contributed by atoms with Gasteiger partial charge in [-0.1, -0.05) is 23.7 Å². The van der Waals surface area contributed by atoms with Crippen LogP contribution in [-0.4, -0.2) is 51.3 Å². The molecular weight excluding hydrogens is 394 g/mol. The molecule has 154 valence electrons. The third kappa shape index (κ3) is 3.94. The van der Waals surface area contributed by atoms with Gasteiger partial charge in [-0.05, 0) is 24.1 Å². The van der Waals surface area contributed by atoms with Gasteiger partial charge in [0, 0.05) is 35.7 Å². The summed E-state index contributed by atoms with van der Waals surface area (Å²) in [6.07, 6.45) is 1.11. The summed E-state index contributed by atoms with van der Waals surface area (Å²) in [5, 5.41) is 0.521. The Bertz CT molecular complexity index is 916. The van der Waals surface area contributed by atoms with Crippen molar-refractivity contribution >= 4 is 17.5 Å². The number of hydrogen-bond acceptors (Lipinski definition) is 5. The van der Waals surface area contributed by atoms with Gasteiger partial charge in [-0.3, -0.25) is 4.79 Å². The zero-order valence-corrected chi connectivity index (χ0v) is 17.3. The molecule has 4 rings (SSSR count). The zero-order chi connectivity index (χ0) is 20.4. The van der Waals surface area contributed by atoms with E-state index in [1.165, 1.54) is 0 Å². The van der Waals surface area contributed by atoms with Crippen molar-refractivity contribution in [3.05, 3.63) is 46.5 Å². The highest BCUT2D eigenvalue weighted by Gasteiger charge is 2.30. The first-order valence-corrected chi connectivity index (χ1v) is 10.0. The number of fused-ring (bicyclic) bond motifs is 1. The molecular formula is C22H24ClNO5. The van der Waals surface area contributed by atoms with Crippen molar-refractivity contribution in [3.8, 4) is 23.0 Å². The molecule has 2 aromatic rings. The molecule has 1 unspecified atom stereocenters. The molecule has 7 heteroatoms. The van der Waals surface area contributed by atoms with Crippen molar-refractivity contribution in [1.82, 2.24) is 4.90 Å². The third-order valence-corrected chi connectivity index (χ3v) is 5.82. The number of ether oxygens (including phenoxy) is 4. The van der Waals surface area contributed by atoms with Crippen molar-refractivity contribution in [2.45, 2.75) is 18.8 Å². The van der Waals surface area contributed by atoms with E-state index in [0.29, 0.717) is 48.6 Å². The van der Waals surface area contributed by atoms with Crippen LogP contribution in [0.25, 0.3) is 0 Å². The molecule has 0 radical (unpaired) electrons. The van der Waals surface area contributed by atoms with Crippen LogP contribution < -0.4 is 18.9 Å². The molecule has 2 aromatic carbocycles. The molecule has 1 atom stereocenters. The van der Waals surface area contributed by atoms with E-state index in [9.17, 15) is 4.79 Å². The van der Waals surface area contributed by atoms with Crippen LogP contribution in [0.2, 0.25) is 5.02 Å². The molecule has 0 aromatic heterocycles. The largest absolute Gasteiger partial charge is 0.493 e. The number of carbonyl (C=O) groups is 1. The minimum Gasteiger partial charge on any atom is -0.493 e. The molecule has 0 aliphatic carbocycles. The number of carbonyl (C=O) groups excluding carboxylic acids is 1. The summed E-state index contributed by atoms with van der Waals surface area (Å²) in [6, 6.07) is 9.41. The Labute approximate surface area is 175 Å². The Morgan fingerprint density at radius 1 is 1.17 bits per heavy atom. The Morgan fingerprint density at radius 3 is 2.66 bits per heavy atom. The normalized spacial score (nSPS) is 17.9. The molecule has 0 spiro atoms. The molecule has 1 amide bonds. The highest BCUT2D eigenvalue weighted by Crippen LogP contribution is 2.40. The first-order chi connectivity index (χ1) is 14.1. The Hall–Kier alpha value is -2.60. The lowest BCUT2D eigenvalue weighted by Gasteiger charge is -2.21. The lowest BCUT2D eigenvalue weighted by atomic mass is 9.97. The van der Waals surface area contributed by atoms with E-state index in [4.69, 9.17) is 30.5 Å². The lowest BCUT2D eigenvalue weighted by Crippen LogP contribution is -2.30. The molecule has 6 nitrogen and oxygen atoms in total. The SMILES string of the molecule is COc1cccc(C2CCN(C(=O)Cc3cc4c(cc3Cl)OCCO4)C2)c1OC. The second-order valence-corrected chi connectivity index (χ2v) is 7.58. The van der Waals surface area contributed by atoms with Crippen LogP contribution in [0.15, 0.2) is 30.3 Å². The van der Waals surface area contributed by atoms with Gasteiger partial charge in [-0.2, -0.15) is 0 Å². The van der Waals surface area contributed by atoms with Crippen LogP contribution in [0.1, 0.15) is 23.5 Å². The fourth-order valence-electron chi connectivity index (χ4n) is 3.99. The minimum absolute atomic E-state index is 0.0490. The first-order valence-electron chi connectivity index (χ1n) is 9.67. The molecule has 29 heavy (non-hydrogen) atoms. The van der Waals surface area contributed by atoms with Crippen molar-refractivity contribution in [1.29, 1.82) is 0 Å². The van der Waals surface area contributed by atoms with E-state index >= 15 is 0 Å². The van der Waals surface area contributed by atoms with Crippen LogP contribution in [0.5, 0.6) is 23.0 Å². The molecule has 0 N–H and O–H groups in total. The van der Waals surface area contributed by atoms with Crippen LogP contribution in [0.3, 0.4) is 0 Å². The third-order valence-electron chi connectivity index (χ3n) is 5.47. The summed E-state index contributed by atoms with van der Waals surface area (Å²) >= 11 is 6.37. The summed E-state index contributed by atoms with van der Waals surface area (Å²) in [4.78, 5) is 14.8. The molecule has 2 aliphatic rings. The van der Waals surface area contributed by atoms with Crippen molar-refractivity contribution in [3.63, 3.8) is 0 Å². The van der Waals surface area contributed by atoms with Crippen LogP contribution >= 0.6 is 11.6 Å². The van der Waals surface area contributed by atoms with Crippen LogP contribution in [0, 0.1) is 0 Å². The number of likely N-dealkylation sites (tertiary alicyclic amines) is 1. The summed E-state index contributed by atoms with van der Waals surface area (Å²) in [7, 11) is 3.27. The maximum absolute atomic E-state index is 12.9. The second kappa shape index (κ2) is 8.41. The van der Waals surface area contributed by atoms with Gasteiger partial charge < -0.3 is 23.8 Å². The topological polar surface area (TPSA) is 57.2 Å². The molecule has 0 bridgehead atoms. The van der Waals surface area contributed by atoms with E-state index in [-0.39, 0.29) is 18.2 Å². The number of nitrogens with zero attached hydrogens (tertiary/aromatic N) is 1. The summed E-state index contributed by atoms with van der Waals surface area (Å²) in [5.41, 5.74) is 1.82. The summed E-state index contributed by atoms with van der Waals surface area (Å²) < 4.78 is 22.1. The van der Waals surface area contributed by atoms with Gasteiger partial charge in [-0.15, -0.1) is 0 Å². The van der Waals surface area contributed by atoms with Gasteiger partial charge in [0.25, 0.3) is 0 Å². The number of hydrogen-bond donors (Lipinski definition) is 0. The smallest absolute Gasteiger partial charge is 0.227 e. The van der Waals surface area contributed by atoms with Crippen molar-refractivity contribution in [2.75, 3.05) is 40.5 Å². The fourth-order valence-corrected chi connectivity index (χ4v) is 4.21. The average Bonchev–Trinajstić information content (AvgIpc) is 3.23. The van der Waals surface area contributed by atoms with Gasteiger partial charge in [0.1, 0.15) is 13.2 Å². The molecule has 0 saturated carbocycles. The highest BCUT2D eigenvalue weighted by molar-refractivity contribution is 6.31. The Morgan fingerprint density at radius 2 is 1.93 bits per heavy atom.